The van der Waals surface area contributed by atoms with E-state index in [-0.39, 0.29) is 0 Å². The number of methoxy groups -OCH3 is 4. The third-order valence-electron chi connectivity index (χ3n) is 7.87. The summed E-state index contributed by atoms with van der Waals surface area (Å²) in [4.78, 5) is 2.51. The molecular weight excluding hydrogens is 428 g/mol. The molecule has 2 aliphatic carbocycles. The molecule has 0 amide bonds. The second-order valence-electron chi connectivity index (χ2n) is 9.49. The predicted octanol–water partition coefficient (Wildman–Crippen LogP) is 5.43. The van der Waals surface area contributed by atoms with E-state index in [4.69, 9.17) is 18.9 Å². The molecule has 34 heavy (non-hydrogen) atoms. The molecule has 0 aromatic heterocycles. The topological polar surface area (TPSA) is 64.0 Å². The average Bonchev–Trinajstić information content (AvgIpc) is 2.90. The van der Waals surface area contributed by atoms with E-state index < -0.39 is 5.41 Å². The number of rotatable bonds is 7. The minimum Gasteiger partial charge on any atom is -0.493 e. The normalized spacial score (nSPS) is 24.1. The van der Waals surface area contributed by atoms with Gasteiger partial charge in [0.25, 0.3) is 0 Å². The fourth-order valence-electron chi connectivity index (χ4n) is 5.94. The second-order valence-corrected chi connectivity index (χ2v) is 9.49. The summed E-state index contributed by atoms with van der Waals surface area (Å²) in [5, 5.41) is 10.4. The minimum atomic E-state index is -0.536. The molecule has 3 unspecified atom stereocenters. The van der Waals surface area contributed by atoms with Crippen LogP contribution in [-0.2, 0) is 11.8 Å². The molecule has 0 saturated heterocycles. The van der Waals surface area contributed by atoms with Crippen LogP contribution in [0.4, 0.5) is 0 Å². The van der Waals surface area contributed by atoms with Gasteiger partial charge >= 0.3 is 0 Å². The lowest BCUT2D eigenvalue weighted by atomic mass is 9.68. The zero-order valence-corrected chi connectivity index (χ0v) is 21.0. The van der Waals surface area contributed by atoms with Crippen molar-refractivity contribution in [2.45, 2.75) is 62.4 Å². The van der Waals surface area contributed by atoms with E-state index in [1.165, 1.54) is 11.1 Å². The quantitative estimate of drug-likeness (QED) is 0.544. The monoisotopic (exact) mass is 464 g/mol. The Morgan fingerprint density at radius 2 is 1.56 bits per heavy atom. The van der Waals surface area contributed by atoms with Gasteiger partial charge in [-0.3, -0.25) is 4.90 Å². The van der Waals surface area contributed by atoms with Gasteiger partial charge in [0.15, 0.2) is 23.0 Å². The van der Waals surface area contributed by atoms with Crippen LogP contribution in [0.25, 0.3) is 0 Å². The number of ether oxygens (including phenoxy) is 4. The largest absolute Gasteiger partial charge is 0.493 e. The van der Waals surface area contributed by atoms with Gasteiger partial charge < -0.3 is 18.9 Å². The summed E-state index contributed by atoms with van der Waals surface area (Å²) in [6.07, 6.45) is 7.06. The summed E-state index contributed by atoms with van der Waals surface area (Å²) < 4.78 is 22.1. The maximum Gasteiger partial charge on any atom is 0.161 e. The summed E-state index contributed by atoms with van der Waals surface area (Å²) >= 11 is 0. The van der Waals surface area contributed by atoms with Crippen LogP contribution < -0.4 is 18.9 Å². The molecule has 6 nitrogen and oxygen atoms in total. The fraction of sp³-hybridized carbons (Fsp3) is 0.536. The van der Waals surface area contributed by atoms with E-state index in [1.807, 2.05) is 18.2 Å². The van der Waals surface area contributed by atoms with Crippen molar-refractivity contribution in [2.24, 2.45) is 0 Å². The Balaban J connectivity index is 1.63. The van der Waals surface area contributed by atoms with Crippen molar-refractivity contribution < 1.29 is 18.9 Å². The highest BCUT2D eigenvalue weighted by molar-refractivity contribution is 5.50. The number of nitriles is 1. The van der Waals surface area contributed by atoms with Crippen LogP contribution in [0.2, 0.25) is 0 Å². The Morgan fingerprint density at radius 1 is 0.882 bits per heavy atom. The maximum atomic E-state index is 10.4. The highest BCUT2D eigenvalue weighted by atomic mass is 16.5. The summed E-state index contributed by atoms with van der Waals surface area (Å²) in [6, 6.07) is 13.5. The number of nitrogens with zero attached hydrogens (tertiary/aromatic N) is 2. The first-order valence-corrected chi connectivity index (χ1v) is 12.1. The van der Waals surface area contributed by atoms with Crippen LogP contribution in [0.5, 0.6) is 23.0 Å². The number of hydrogen-bond donors (Lipinski definition) is 0. The van der Waals surface area contributed by atoms with Crippen molar-refractivity contribution in [3.8, 4) is 29.1 Å². The molecule has 3 atom stereocenters. The van der Waals surface area contributed by atoms with Crippen molar-refractivity contribution in [2.75, 3.05) is 35.5 Å². The van der Waals surface area contributed by atoms with Gasteiger partial charge in [-0.25, -0.2) is 0 Å². The SMILES string of the molecule is COc1ccc(C2(C#N)CCCC(N(C)C3CCCc4cc(OC)c(OC)cc43)C2)cc1OC. The second kappa shape index (κ2) is 10.1. The first-order valence-electron chi connectivity index (χ1n) is 12.1. The summed E-state index contributed by atoms with van der Waals surface area (Å²) in [6.45, 7) is 0. The van der Waals surface area contributed by atoms with Crippen LogP contribution >= 0.6 is 0 Å². The molecule has 1 saturated carbocycles. The predicted molar refractivity (Wildman–Crippen MR) is 132 cm³/mol. The minimum absolute atomic E-state index is 0.299. The van der Waals surface area contributed by atoms with Crippen molar-refractivity contribution in [1.29, 1.82) is 5.26 Å². The molecule has 0 bridgehead atoms. The van der Waals surface area contributed by atoms with Gasteiger partial charge in [0, 0.05) is 12.1 Å². The van der Waals surface area contributed by atoms with Gasteiger partial charge in [-0.15, -0.1) is 0 Å². The molecule has 2 aliphatic rings. The first-order chi connectivity index (χ1) is 16.5. The number of benzene rings is 2. The maximum absolute atomic E-state index is 10.4. The molecule has 0 spiro atoms. The Bertz CT molecular complexity index is 1060. The smallest absolute Gasteiger partial charge is 0.161 e. The van der Waals surface area contributed by atoms with Gasteiger partial charge in [-0.05, 0) is 92.9 Å². The van der Waals surface area contributed by atoms with Crippen LogP contribution in [-0.4, -0.2) is 46.4 Å². The van der Waals surface area contributed by atoms with E-state index in [0.717, 1.165) is 62.0 Å². The van der Waals surface area contributed by atoms with Crippen LogP contribution in [0.15, 0.2) is 30.3 Å². The summed E-state index contributed by atoms with van der Waals surface area (Å²) in [5.74, 6) is 2.93. The molecule has 0 aliphatic heterocycles. The van der Waals surface area contributed by atoms with Crippen LogP contribution in [0.1, 0.15) is 61.3 Å². The Kier molecular flexibility index (Phi) is 7.23. The molecule has 0 radical (unpaired) electrons. The Morgan fingerprint density at radius 3 is 2.24 bits per heavy atom. The van der Waals surface area contributed by atoms with E-state index >= 15 is 0 Å². The van der Waals surface area contributed by atoms with E-state index in [1.54, 1.807) is 28.4 Å². The summed E-state index contributed by atoms with van der Waals surface area (Å²) in [7, 11) is 8.88. The van der Waals surface area contributed by atoms with Gasteiger partial charge in [0.05, 0.1) is 39.9 Å². The van der Waals surface area contributed by atoms with E-state index in [2.05, 4.69) is 30.1 Å². The third kappa shape index (κ3) is 4.30. The Hall–Kier alpha value is -2.91. The van der Waals surface area contributed by atoms with Gasteiger partial charge in [-0.2, -0.15) is 5.26 Å². The zero-order valence-electron chi connectivity index (χ0n) is 21.0. The molecule has 2 aromatic carbocycles. The molecular formula is C28H36N2O4. The molecule has 6 heteroatoms. The molecule has 2 aromatic rings. The fourth-order valence-corrected chi connectivity index (χ4v) is 5.94. The summed E-state index contributed by atoms with van der Waals surface area (Å²) in [5.41, 5.74) is 3.14. The van der Waals surface area contributed by atoms with Crippen molar-refractivity contribution in [3.63, 3.8) is 0 Å². The molecule has 0 heterocycles. The lowest BCUT2D eigenvalue weighted by Gasteiger charge is -2.44. The van der Waals surface area contributed by atoms with Crippen LogP contribution in [0.3, 0.4) is 0 Å². The van der Waals surface area contributed by atoms with Crippen molar-refractivity contribution in [3.05, 3.63) is 47.0 Å². The third-order valence-corrected chi connectivity index (χ3v) is 7.87. The lowest BCUT2D eigenvalue weighted by molar-refractivity contribution is 0.104. The van der Waals surface area contributed by atoms with Gasteiger partial charge in [0.1, 0.15) is 0 Å². The average molecular weight is 465 g/mol. The van der Waals surface area contributed by atoms with Crippen molar-refractivity contribution >= 4 is 0 Å². The number of aryl methyl sites for hydroxylation is 1. The number of hydrogen-bond acceptors (Lipinski definition) is 6. The number of fused-ring (bicyclic) bond motifs is 1. The lowest BCUT2D eigenvalue weighted by Crippen LogP contribution is -2.44. The highest BCUT2D eigenvalue weighted by Crippen LogP contribution is 2.46. The zero-order chi connectivity index (χ0) is 24.3. The standard InChI is InChI=1S/C28H36N2O4/c1-30(23-10-6-8-19-14-25(32-3)27(34-5)16-22(19)23)21-9-7-13-28(17-21,18-29)20-11-12-24(31-2)26(15-20)33-4/h11-12,14-16,21,23H,6-10,13,17H2,1-5H3. The molecule has 4 rings (SSSR count). The molecule has 0 N–H and O–H groups in total. The van der Waals surface area contributed by atoms with Gasteiger partial charge in [0.2, 0.25) is 0 Å². The molecule has 182 valence electrons. The van der Waals surface area contributed by atoms with Crippen LogP contribution in [0, 0.1) is 11.3 Å². The molecule has 1 fully saturated rings. The van der Waals surface area contributed by atoms with E-state index in [9.17, 15) is 5.26 Å². The highest BCUT2D eigenvalue weighted by Gasteiger charge is 2.42. The van der Waals surface area contributed by atoms with E-state index in [0.29, 0.717) is 23.6 Å². The first kappa shape index (κ1) is 24.2. The van der Waals surface area contributed by atoms with Crippen molar-refractivity contribution in [1.82, 2.24) is 4.90 Å². The van der Waals surface area contributed by atoms with Gasteiger partial charge in [-0.1, -0.05) is 6.07 Å². The Labute approximate surface area is 203 Å².